The van der Waals surface area contributed by atoms with Crippen molar-refractivity contribution in [2.24, 2.45) is 0 Å². The van der Waals surface area contributed by atoms with Gasteiger partial charge in [0.2, 0.25) is 5.13 Å². The van der Waals surface area contributed by atoms with Gasteiger partial charge in [0.15, 0.2) is 3.95 Å². The Morgan fingerprint density at radius 2 is 2.24 bits per heavy atom. The second-order valence-electron chi connectivity index (χ2n) is 6.29. The van der Waals surface area contributed by atoms with Crippen LogP contribution in [0.5, 0.6) is 0 Å². The first-order valence-electron chi connectivity index (χ1n) is 8.38. The molecule has 7 heteroatoms. The predicted molar refractivity (Wildman–Crippen MR) is 108 cm³/mol. The van der Waals surface area contributed by atoms with Crippen molar-refractivity contribution in [3.8, 4) is 0 Å². The molecule has 4 rings (SSSR count). The molecule has 0 aliphatic carbocycles. The molecule has 3 aromatic rings. The number of rotatable bonds is 5. The van der Waals surface area contributed by atoms with Crippen LogP contribution < -0.4 is 5.32 Å². The highest BCUT2D eigenvalue weighted by Gasteiger charge is 2.27. The minimum absolute atomic E-state index is 0.497. The Balaban J connectivity index is 1.50. The van der Waals surface area contributed by atoms with Gasteiger partial charge in [-0.3, -0.25) is 4.90 Å². The highest BCUT2D eigenvalue weighted by molar-refractivity contribution is 7.73. The topological polar surface area (TPSA) is 33.1 Å². The summed E-state index contributed by atoms with van der Waals surface area (Å²) in [6, 6.07) is 13.2. The van der Waals surface area contributed by atoms with Gasteiger partial charge < -0.3 is 5.32 Å². The van der Waals surface area contributed by atoms with Crippen molar-refractivity contribution < 1.29 is 0 Å². The molecular formula is C18H20N4S3. The summed E-state index contributed by atoms with van der Waals surface area (Å²) in [6.45, 7) is 3.94. The molecule has 1 atom stereocenters. The summed E-state index contributed by atoms with van der Waals surface area (Å²) in [5, 5.41) is 11.1. The third-order valence-corrected chi connectivity index (χ3v) is 6.62. The van der Waals surface area contributed by atoms with Gasteiger partial charge in [-0.05, 0) is 61.1 Å². The number of aromatic nitrogens is 2. The number of aryl methyl sites for hydroxylation is 1. The van der Waals surface area contributed by atoms with Crippen LogP contribution in [0.25, 0.3) is 0 Å². The van der Waals surface area contributed by atoms with Gasteiger partial charge >= 0.3 is 0 Å². The maximum atomic E-state index is 5.54. The van der Waals surface area contributed by atoms with Crippen molar-refractivity contribution in [2.45, 2.75) is 32.5 Å². The minimum atomic E-state index is 0.497. The summed E-state index contributed by atoms with van der Waals surface area (Å²) < 4.78 is 2.76. The Kier molecular flexibility index (Phi) is 4.98. The average molecular weight is 389 g/mol. The zero-order valence-corrected chi connectivity index (χ0v) is 16.5. The van der Waals surface area contributed by atoms with Crippen LogP contribution in [-0.4, -0.2) is 21.2 Å². The van der Waals surface area contributed by atoms with Crippen LogP contribution in [-0.2, 0) is 6.67 Å². The van der Waals surface area contributed by atoms with Crippen molar-refractivity contribution in [3.05, 3.63) is 56.2 Å². The molecule has 25 heavy (non-hydrogen) atoms. The monoisotopic (exact) mass is 388 g/mol. The zero-order valence-electron chi connectivity index (χ0n) is 14.0. The smallest absolute Gasteiger partial charge is 0.209 e. The Morgan fingerprint density at radius 3 is 3.04 bits per heavy atom. The largest absolute Gasteiger partial charge is 0.330 e. The summed E-state index contributed by atoms with van der Waals surface area (Å²) in [6.07, 6.45) is 2.45. The highest BCUT2D eigenvalue weighted by atomic mass is 32.1. The van der Waals surface area contributed by atoms with Gasteiger partial charge in [-0.15, -0.1) is 16.4 Å². The summed E-state index contributed by atoms with van der Waals surface area (Å²) in [5.41, 5.74) is 2.28. The zero-order chi connectivity index (χ0) is 17.2. The minimum Gasteiger partial charge on any atom is -0.330 e. The van der Waals surface area contributed by atoms with Crippen molar-refractivity contribution in [1.82, 2.24) is 14.7 Å². The van der Waals surface area contributed by atoms with E-state index in [2.05, 4.69) is 52.9 Å². The first kappa shape index (κ1) is 16.9. The van der Waals surface area contributed by atoms with Gasteiger partial charge in [-0.1, -0.05) is 29.5 Å². The summed E-state index contributed by atoms with van der Waals surface area (Å²) in [5.74, 6) is 0. The summed E-state index contributed by atoms with van der Waals surface area (Å²) >= 11 is 8.91. The Morgan fingerprint density at radius 1 is 1.32 bits per heavy atom. The molecule has 0 saturated carbocycles. The highest BCUT2D eigenvalue weighted by Crippen LogP contribution is 2.35. The van der Waals surface area contributed by atoms with E-state index >= 15 is 0 Å². The predicted octanol–water partition coefficient (Wildman–Crippen LogP) is 5.58. The van der Waals surface area contributed by atoms with Crippen LogP contribution in [0.4, 0.5) is 10.8 Å². The van der Waals surface area contributed by atoms with Gasteiger partial charge in [-0.2, -0.15) is 0 Å². The molecule has 2 aromatic heterocycles. The third-order valence-electron chi connectivity index (χ3n) is 4.43. The normalized spacial score (nSPS) is 17.9. The SMILES string of the molecule is Cc1cccc(Nc2nn(CN3CCC[C@H]3c3cccs3)c(=S)s2)c1. The van der Waals surface area contributed by atoms with Crippen molar-refractivity contribution in [1.29, 1.82) is 0 Å². The van der Waals surface area contributed by atoms with Crippen LogP contribution in [0, 0.1) is 10.9 Å². The number of hydrogen-bond donors (Lipinski definition) is 1. The van der Waals surface area contributed by atoms with Crippen molar-refractivity contribution in [3.63, 3.8) is 0 Å². The van der Waals surface area contributed by atoms with Gasteiger partial charge in [-0.25, -0.2) is 4.68 Å². The lowest BCUT2D eigenvalue weighted by Gasteiger charge is -2.23. The summed E-state index contributed by atoms with van der Waals surface area (Å²) in [7, 11) is 0. The Hall–Kier alpha value is -1.54. The van der Waals surface area contributed by atoms with Crippen LogP contribution in [0.1, 0.15) is 29.3 Å². The molecule has 1 saturated heterocycles. The first-order chi connectivity index (χ1) is 12.2. The van der Waals surface area contributed by atoms with Gasteiger partial charge in [0.05, 0.1) is 6.67 Å². The van der Waals surface area contributed by atoms with Gasteiger partial charge in [0.1, 0.15) is 0 Å². The van der Waals surface area contributed by atoms with E-state index in [9.17, 15) is 0 Å². The Labute approximate surface area is 160 Å². The number of thiophene rings is 1. The van der Waals surface area contributed by atoms with E-state index < -0.39 is 0 Å². The molecule has 130 valence electrons. The molecule has 0 unspecified atom stereocenters. The summed E-state index contributed by atoms with van der Waals surface area (Å²) in [4.78, 5) is 3.93. The number of anilines is 2. The van der Waals surface area contributed by atoms with E-state index in [1.165, 1.54) is 34.6 Å². The fourth-order valence-electron chi connectivity index (χ4n) is 3.26. The lowest BCUT2D eigenvalue weighted by Crippen LogP contribution is -2.26. The van der Waals surface area contributed by atoms with Crippen molar-refractivity contribution in [2.75, 3.05) is 11.9 Å². The number of likely N-dealkylation sites (tertiary alicyclic amines) is 1. The maximum absolute atomic E-state index is 5.54. The lowest BCUT2D eigenvalue weighted by molar-refractivity contribution is 0.193. The molecule has 0 bridgehead atoms. The standard InChI is InChI=1S/C18H20N4S3/c1-13-5-2-6-14(11-13)19-17-20-22(18(23)25-17)12-21-9-3-7-15(21)16-8-4-10-24-16/h2,4-6,8,10-11,15H,3,7,9,12H2,1H3,(H,19,20)/t15-/m0/s1. The fourth-order valence-corrected chi connectivity index (χ4v) is 5.17. The molecule has 1 aliphatic heterocycles. The van der Waals surface area contributed by atoms with Gasteiger partial charge in [0.25, 0.3) is 0 Å². The molecule has 0 spiro atoms. The second kappa shape index (κ2) is 7.37. The molecule has 0 radical (unpaired) electrons. The van der Waals surface area contributed by atoms with Crippen molar-refractivity contribution >= 4 is 45.7 Å². The number of benzene rings is 1. The first-order valence-corrected chi connectivity index (χ1v) is 10.5. The molecule has 0 amide bonds. The number of hydrogen-bond acceptors (Lipinski definition) is 6. The second-order valence-corrected chi connectivity index (χ2v) is 8.90. The Bertz CT molecular complexity index is 897. The van der Waals surface area contributed by atoms with Gasteiger partial charge in [0, 0.05) is 23.2 Å². The average Bonchev–Trinajstić information content (AvgIpc) is 3.30. The van der Waals surface area contributed by atoms with E-state index in [4.69, 9.17) is 17.3 Å². The molecule has 1 aromatic carbocycles. The molecule has 1 N–H and O–H groups in total. The molecule has 1 fully saturated rings. The number of nitrogens with zero attached hydrogens (tertiary/aromatic N) is 3. The molecular weight excluding hydrogens is 368 g/mol. The van der Waals surface area contributed by atoms with Crippen LogP contribution in [0.15, 0.2) is 41.8 Å². The van der Waals surface area contributed by atoms with E-state index in [0.29, 0.717) is 6.04 Å². The van der Waals surface area contributed by atoms with E-state index in [1.807, 2.05) is 22.1 Å². The maximum Gasteiger partial charge on any atom is 0.209 e. The van der Waals surface area contributed by atoms with Crippen LogP contribution in [0.2, 0.25) is 0 Å². The fraction of sp³-hybridized carbons (Fsp3) is 0.333. The van der Waals surface area contributed by atoms with E-state index in [0.717, 1.165) is 28.0 Å². The third kappa shape index (κ3) is 3.84. The number of nitrogens with one attached hydrogen (secondary N) is 1. The van der Waals surface area contributed by atoms with E-state index in [1.54, 1.807) is 0 Å². The van der Waals surface area contributed by atoms with Crippen LogP contribution >= 0.6 is 34.9 Å². The quantitative estimate of drug-likeness (QED) is 0.578. The van der Waals surface area contributed by atoms with E-state index in [-0.39, 0.29) is 0 Å². The molecule has 4 nitrogen and oxygen atoms in total. The molecule has 1 aliphatic rings. The van der Waals surface area contributed by atoms with Crippen LogP contribution in [0.3, 0.4) is 0 Å². The lowest BCUT2D eigenvalue weighted by atomic mass is 10.2. The molecule has 3 heterocycles.